The summed E-state index contributed by atoms with van der Waals surface area (Å²) in [6.45, 7) is 27.3. The fourth-order valence-electron chi connectivity index (χ4n) is 10.1. The lowest BCUT2D eigenvalue weighted by atomic mass is 9.69. The molecule has 0 aromatic rings. The molecule has 0 saturated carbocycles. The smallest absolute Gasteiger partial charge is 0.311 e. The fraction of sp³-hybridized carbons (Fsp3) is 0.860. The Balaban J connectivity index is 1.91. The molecule has 2 N–H and O–H groups in total. The summed E-state index contributed by atoms with van der Waals surface area (Å²) in [5.41, 5.74) is -2.46. The van der Waals surface area contributed by atoms with Crippen LogP contribution in [0.15, 0.2) is 24.8 Å². The van der Waals surface area contributed by atoms with Gasteiger partial charge in [0.25, 0.3) is 0 Å². The van der Waals surface area contributed by atoms with Gasteiger partial charge in [0.1, 0.15) is 29.7 Å². The van der Waals surface area contributed by atoms with Crippen molar-refractivity contribution < 1.29 is 57.7 Å². The summed E-state index contributed by atoms with van der Waals surface area (Å²) in [5.74, 6) is -3.58. The second-order valence-electron chi connectivity index (χ2n) is 18.0. The number of ether oxygens (including phenoxy) is 8. The lowest BCUT2D eigenvalue weighted by Gasteiger charge is -2.50. The highest BCUT2D eigenvalue weighted by molar-refractivity contribution is 5.84. The van der Waals surface area contributed by atoms with Gasteiger partial charge in [-0.15, -0.1) is 6.58 Å². The van der Waals surface area contributed by atoms with E-state index < -0.39 is 102 Å². The second kappa shape index (κ2) is 18.6. The van der Waals surface area contributed by atoms with Crippen molar-refractivity contribution in [1.82, 2.24) is 4.90 Å². The number of nitrogens with zero attached hydrogens (tertiary/aromatic N) is 1. The first kappa shape index (κ1) is 46.9. The van der Waals surface area contributed by atoms with Gasteiger partial charge in [-0.3, -0.25) is 9.59 Å². The maximum Gasteiger partial charge on any atom is 0.311 e. The van der Waals surface area contributed by atoms with Crippen LogP contribution in [0.3, 0.4) is 0 Å². The molecule has 0 aliphatic carbocycles. The number of likely N-dealkylation sites (N-methyl/N-ethyl adjacent to an activating group) is 1. The van der Waals surface area contributed by atoms with Gasteiger partial charge in [-0.05, 0) is 80.5 Å². The Morgan fingerprint density at radius 2 is 1.62 bits per heavy atom. The predicted molar refractivity (Wildman–Crippen MR) is 211 cm³/mol. The number of aliphatic hydroxyl groups excluding tert-OH is 2. The van der Waals surface area contributed by atoms with Crippen molar-refractivity contribution >= 4 is 11.8 Å². The third-order valence-corrected chi connectivity index (χ3v) is 13.4. The Morgan fingerprint density at radius 1 is 0.964 bits per heavy atom. The summed E-state index contributed by atoms with van der Waals surface area (Å²) in [7, 11) is 5.35. The second-order valence-corrected chi connectivity index (χ2v) is 18.0. The normalized spacial score (nSPS) is 47.3. The van der Waals surface area contributed by atoms with Crippen LogP contribution in [-0.4, -0.2) is 139 Å². The molecule has 0 radical (unpaired) electrons. The first-order valence-electron chi connectivity index (χ1n) is 20.6. The number of hydrogen-bond donors (Lipinski definition) is 2. The van der Waals surface area contributed by atoms with Gasteiger partial charge in [-0.25, -0.2) is 0 Å². The van der Waals surface area contributed by atoms with Crippen molar-refractivity contribution in [2.45, 2.75) is 173 Å². The van der Waals surface area contributed by atoms with E-state index in [2.05, 4.69) is 13.2 Å². The molecule has 4 saturated heterocycles. The van der Waals surface area contributed by atoms with Crippen LogP contribution in [0.1, 0.15) is 94.9 Å². The highest BCUT2D eigenvalue weighted by atomic mass is 16.7. The van der Waals surface area contributed by atoms with E-state index in [1.807, 2.05) is 67.5 Å². The fourth-order valence-corrected chi connectivity index (χ4v) is 10.1. The minimum absolute atomic E-state index is 0.00985. The number of methoxy groups -OCH3 is 1. The zero-order chi connectivity index (χ0) is 42.1. The zero-order valence-corrected chi connectivity index (χ0v) is 36.3. The van der Waals surface area contributed by atoms with Gasteiger partial charge in [-0.1, -0.05) is 40.3 Å². The van der Waals surface area contributed by atoms with E-state index in [0.29, 0.717) is 12.8 Å². The van der Waals surface area contributed by atoms with E-state index in [0.717, 1.165) is 5.57 Å². The molecule has 0 amide bonds. The number of fused-ring (bicyclic) bond motifs is 1. The average Bonchev–Trinajstić information content (AvgIpc) is 3.46. The van der Waals surface area contributed by atoms with Crippen molar-refractivity contribution in [3.8, 4) is 0 Å². The molecular weight excluding hydrogens is 722 g/mol. The third kappa shape index (κ3) is 9.48. The van der Waals surface area contributed by atoms with Crippen LogP contribution in [0.4, 0.5) is 0 Å². The number of carbonyl (C=O) groups excluding carboxylic acids is 2. The minimum Gasteiger partial charge on any atom is -0.459 e. The number of aliphatic hydroxyl groups is 2. The van der Waals surface area contributed by atoms with Crippen molar-refractivity contribution in [2.24, 2.45) is 29.6 Å². The highest BCUT2D eigenvalue weighted by Gasteiger charge is 2.56. The third-order valence-electron chi connectivity index (χ3n) is 13.4. The van der Waals surface area contributed by atoms with Crippen molar-refractivity contribution in [2.75, 3.05) is 34.4 Å². The Labute approximate surface area is 335 Å². The maximum atomic E-state index is 14.6. The van der Waals surface area contributed by atoms with Crippen LogP contribution in [0.5, 0.6) is 0 Å². The molecule has 322 valence electrons. The van der Waals surface area contributed by atoms with Gasteiger partial charge < -0.3 is 53.0 Å². The lowest BCUT2D eigenvalue weighted by Crippen LogP contribution is -2.61. The summed E-state index contributed by atoms with van der Waals surface area (Å²) >= 11 is 0. The van der Waals surface area contributed by atoms with Crippen molar-refractivity contribution in [1.29, 1.82) is 0 Å². The van der Waals surface area contributed by atoms with E-state index in [1.165, 1.54) is 7.11 Å². The summed E-state index contributed by atoms with van der Waals surface area (Å²) in [6.07, 6.45) is -4.37. The van der Waals surface area contributed by atoms with Crippen LogP contribution in [0.2, 0.25) is 0 Å². The van der Waals surface area contributed by atoms with Crippen LogP contribution < -0.4 is 0 Å². The van der Waals surface area contributed by atoms with E-state index >= 15 is 0 Å². The topological polar surface area (TPSA) is 152 Å². The molecule has 0 aromatic carbocycles. The molecule has 0 spiro atoms. The first-order valence-corrected chi connectivity index (χ1v) is 20.6. The Hall–Kier alpha value is -1.78. The summed E-state index contributed by atoms with van der Waals surface area (Å²) < 4.78 is 51.8. The molecule has 3 unspecified atom stereocenters. The molecule has 4 aliphatic heterocycles. The summed E-state index contributed by atoms with van der Waals surface area (Å²) in [4.78, 5) is 31.2. The highest BCUT2D eigenvalue weighted by Crippen LogP contribution is 2.47. The zero-order valence-electron chi connectivity index (χ0n) is 36.3. The number of rotatable bonds is 10. The Morgan fingerprint density at radius 3 is 2.21 bits per heavy atom. The molecule has 0 aromatic heterocycles. The monoisotopic (exact) mass is 796 g/mol. The quantitative estimate of drug-likeness (QED) is 0.229. The van der Waals surface area contributed by atoms with Crippen LogP contribution >= 0.6 is 0 Å². The predicted octanol–water partition coefficient (Wildman–Crippen LogP) is 4.85. The standard InChI is InChI=1S/C43H73NO12/c1-16-18-50-42(11)20-23(3)34(45)26(6)33-24(4)22-51-43(33,12)31(17-2)54-39(48)28(8)36(55-32-21-41(10,49-15)37(47)29(9)53-32)27(7)38(42)56-40-35(46)30(44(13)14)19-25(5)52-40/h16,23,25-33,35-38,40,46-47H,1,4,17-22H2,2-3,5-15H3/t23?,25-,26?,27+,28-,29+,30+,31-,32+,33+,35-,36+,37?,38-,40+,41-,42-,43-/m1/s1. The molecule has 4 heterocycles. The Kier molecular flexibility index (Phi) is 15.6. The van der Waals surface area contributed by atoms with Crippen LogP contribution in [0, 0.1) is 29.6 Å². The SMILES string of the molecule is C=CCO[C@]1(C)CC(C)C(=O)C(C)[C@@H]2C(=C)CO[C@]2(C)[C@@H](CC)OC(=O)[C@H](C)[C@@H](O[C@H]2C[C@@](C)(OC)C(O)[C@H](C)O2)[C@H](C)[C@H]1O[C@@H]1O[C@H](C)C[C@H](N(C)C)[C@H]1O. The van der Waals surface area contributed by atoms with Crippen molar-refractivity contribution in [3.63, 3.8) is 0 Å². The Bertz CT molecular complexity index is 1380. The minimum atomic E-state index is -1.22. The van der Waals surface area contributed by atoms with Crippen LogP contribution in [-0.2, 0) is 47.5 Å². The van der Waals surface area contributed by atoms with E-state index in [-0.39, 0.29) is 44.0 Å². The van der Waals surface area contributed by atoms with E-state index in [1.54, 1.807) is 26.8 Å². The van der Waals surface area contributed by atoms with Gasteiger partial charge >= 0.3 is 5.97 Å². The maximum absolute atomic E-state index is 14.6. The summed E-state index contributed by atoms with van der Waals surface area (Å²) in [5, 5.41) is 22.8. The number of Topliss-reactive ketones (excluding diaryl/α,β-unsaturated/α-hetero) is 1. The van der Waals surface area contributed by atoms with Gasteiger partial charge in [-0.2, -0.15) is 0 Å². The number of esters is 1. The molecule has 0 bridgehead atoms. The molecule has 4 rings (SSSR count). The van der Waals surface area contributed by atoms with Gasteiger partial charge in [0.2, 0.25) is 0 Å². The number of cyclic esters (lactones) is 1. The van der Waals surface area contributed by atoms with E-state index in [4.69, 9.17) is 37.9 Å². The molecule has 18 atom stereocenters. The van der Waals surface area contributed by atoms with Gasteiger partial charge in [0.05, 0.1) is 54.7 Å². The largest absolute Gasteiger partial charge is 0.459 e. The number of carbonyl (C=O) groups is 2. The molecular formula is C43H73NO12. The number of ketones is 1. The molecule has 13 heteroatoms. The first-order chi connectivity index (χ1) is 26.1. The molecule has 4 fully saturated rings. The van der Waals surface area contributed by atoms with Crippen LogP contribution in [0.25, 0.3) is 0 Å². The number of hydrogen-bond acceptors (Lipinski definition) is 13. The molecule has 56 heavy (non-hydrogen) atoms. The van der Waals surface area contributed by atoms with Crippen molar-refractivity contribution in [3.05, 3.63) is 24.8 Å². The summed E-state index contributed by atoms with van der Waals surface area (Å²) in [6, 6.07) is -0.266. The van der Waals surface area contributed by atoms with Gasteiger partial charge in [0, 0.05) is 43.2 Å². The molecule has 4 aliphatic rings. The molecule has 13 nitrogen and oxygen atoms in total. The van der Waals surface area contributed by atoms with Gasteiger partial charge in [0.15, 0.2) is 12.6 Å². The average molecular weight is 796 g/mol. The lowest BCUT2D eigenvalue weighted by molar-refractivity contribution is -0.320. The van der Waals surface area contributed by atoms with E-state index in [9.17, 15) is 19.8 Å².